The van der Waals surface area contributed by atoms with Crippen molar-refractivity contribution >= 4 is 12.2 Å². The number of allylic oxidation sites excluding steroid dienone is 1. The Bertz CT molecular complexity index is 311. The van der Waals surface area contributed by atoms with Gasteiger partial charge in [-0.3, -0.25) is 4.98 Å². The lowest BCUT2D eigenvalue weighted by atomic mass is 10.1. The minimum absolute atomic E-state index is 0.993. The largest absolute Gasteiger partial charge is 0.256 e. The Kier molecular flexibility index (Phi) is 6.38. The molecule has 0 radical (unpaired) electrons. The molecule has 1 aromatic heterocycles. The third kappa shape index (κ3) is 3.17. The lowest BCUT2D eigenvalue weighted by Gasteiger charge is -2.02. The van der Waals surface area contributed by atoms with E-state index in [0.29, 0.717) is 0 Å². The van der Waals surface area contributed by atoms with Gasteiger partial charge >= 0.3 is 0 Å². The summed E-state index contributed by atoms with van der Waals surface area (Å²) >= 11 is 0. The van der Waals surface area contributed by atoms with Crippen molar-refractivity contribution in [1.82, 2.24) is 4.98 Å². The molecule has 0 saturated carbocycles. The van der Waals surface area contributed by atoms with Gasteiger partial charge in [-0.25, -0.2) is 0 Å². The summed E-state index contributed by atoms with van der Waals surface area (Å²) in [6, 6.07) is 1.99. The lowest BCUT2D eigenvalue weighted by Crippen LogP contribution is -1.88. The molecule has 1 rings (SSSR count). The monoisotopic (exact) mass is 189 g/mol. The first-order valence-electron chi connectivity index (χ1n) is 5.00. The van der Waals surface area contributed by atoms with Crippen LogP contribution < -0.4 is 0 Å². The molecule has 1 heteroatoms. The van der Waals surface area contributed by atoms with Crippen LogP contribution in [0.5, 0.6) is 0 Å². The van der Waals surface area contributed by atoms with Gasteiger partial charge in [0.15, 0.2) is 0 Å². The normalized spacial score (nSPS) is 9.43. The van der Waals surface area contributed by atoms with Gasteiger partial charge in [0, 0.05) is 11.8 Å². The quantitative estimate of drug-likeness (QED) is 0.682. The molecule has 0 aliphatic carbocycles. The van der Waals surface area contributed by atoms with E-state index in [0.717, 1.165) is 11.3 Å². The summed E-state index contributed by atoms with van der Waals surface area (Å²) in [4.78, 5) is 4.24. The van der Waals surface area contributed by atoms with Crippen LogP contribution in [0.15, 0.2) is 24.9 Å². The first-order chi connectivity index (χ1) is 6.79. The van der Waals surface area contributed by atoms with Crippen molar-refractivity contribution in [2.75, 3.05) is 0 Å². The Morgan fingerprint density at radius 1 is 1.36 bits per heavy atom. The molecule has 0 bridgehead atoms. The molecule has 0 spiro atoms. The maximum absolute atomic E-state index is 4.24. The standard InChI is InChI=1S/C11H13N.C2H6/c1-4-6-11-10(5-2)9(3)7-8-12-11;1-2/h4-8H,2H2,1,3H3;1-2H3/b6-4-;. The number of hydrogen-bond acceptors (Lipinski definition) is 1. The first kappa shape index (κ1) is 12.6. The first-order valence-corrected chi connectivity index (χ1v) is 5.00. The van der Waals surface area contributed by atoms with Crippen LogP contribution in [0.1, 0.15) is 37.6 Å². The summed E-state index contributed by atoms with van der Waals surface area (Å²) in [5.74, 6) is 0. The highest BCUT2D eigenvalue weighted by Gasteiger charge is 1.98. The summed E-state index contributed by atoms with van der Waals surface area (Å²) in [6.07, 6.45) is 7.63. The molecule has 0 aromatic carbocycles. The number of hydrogen-bond donors (Lipinski definition) is 0. The van der Waals surface area contributed by atoms with E-state index in [9.17, 15) is 0 Å². The number of aryl methyl sites for hydroxylation is 1. The fraction of sp³-hybridized carbons (Fsp3) is 0.308. The Morgan fingerprint density at radius 2 is 2.00 bits per heavy atom. The molecule has 0 saturated heterocycles. The van der Waals surface area contributed by atoms with Crippen molar-refractivity contribution in [2.24, 2.45) is 0 Å². The van der Waals surface area contributed by atoms with Gasteiger partial charge in [0.1, 0.15) is 0 Å². The van der Waals surface area contributed by atoms with Crippen molar-refractivity contribution in [2.45, 2.75) is 27.7 Å². The van der Waals surface area contributed by atoms with Crippen LogP contribution in [0.2, 0.25) is 0 Å². The second-order valence-corrected chi connectivity index (χ2v) is 2.63. The van der Waals surface area contributed by atoms with E-state index in [-0.39, 0.29) is 0 Å². The molecule has 0 amide bonds. The number of pyridine rings is 1. The highest BCUT2D eigenvalue weighted by atomic mass is 14.7. The molecule has 0 aliphatic rings. The predicted molar refractivity (Wildman–Crippen MR) is 65.1 cm³/mol. The topological polar surface area (TPSA) is 12.9 Å². The Hall–Kier alpha value is -1.37. The number of rotatable bonds is 2. The van der Waals surface area contributed by atoms with Crippen molar-refractivity contribution in [3.05, 3.63) is 41.7 Å². The molecule has 1 aromatic rings. The molecule has 14 heavy (non-hydrogen) atoms. The summed E-state index contributed by atoms with van der Waals surface area (Å²) < 4.78 is 0. The zero-order valence-corrected chi connectivity index (χ0v) is 9.54. The minimum Gasteiger partial charge on any atom is -0.256 e. The highest BCUT2D eigenvalue weighted by Crippen LogP contribution is 2.13. The maximum atomic E-state index is 4.24. The smallest absolute Gasteiger partial charge is 0.0701 e. The van der Waals surface area contributed by atoms with E-state index >= 15 is 0 Å². The molecular formula is C13H19N. The van der Waals surface area contributed by atoms with E-state index in [4.69, 9.17) is 0 Å². The van der Waals surface area contributed by atoms with Gasteiger partial charge < -0.3 is 0 Å². The molecule has 76 valence electrons. The zero-order chi connectivity index (χ0) is 11.0. The van der Waals surface area contributed by atoms with Crippen LogP contribution in [0.25, 0.3) is 12.2 Å². The molecular weight excluding hydrogens is 170 g/mol. The SMILES string of the molecule is C=Cc1c(C)ccnc1/C=C\C.CC. The van der Waals surface area contributed by atoms with Crippen LogP contribution in [0, 0.1) is 6.92 Å². The molecule has 0 N–H and O–H groups in total. The van der Waals surface area contributed by atoms with Gasteiger partial charge in [0.2, 0.25) is 0 Å². The van der Waals surface area contributed by atoms with E-state index in [1.165, 1.54) is 5.56 Å². The van der Waals surface area contributed by atoms with Crippen molar-refractivity contribution < 1.29 is 0 Å². The molecule has 1 heterocycles. The average Bonchev–Trinajstić information content (AvgIpc) is 2.22. The zero-order valence-electron chi connectivity index (χ0n) is 9.54. The van der Waals surface area contributed by atoms with Crippen molar-refractivity contribution in [3.63, 3.8) is 0 Å². The van der Waals surface area contributed by atoms with Crippen LogP contribution in [0.3, 0.4) is 0 Å². The molecule has 0 aliphatic heterocycles. The van der Waals surface area contributed by atoms with E-state index in [1.54, 1.807) is 0 Å². The summed E-state index contributed by atoms with van der Waals surface area (Å²) in [7, 11) is 0. The molecule has 0 unspecified atom stereocenters. The van der Waals surface area contributed by atoms with E-state index in [1.807, 2.05) is 51.3 Å². The predicted octanol–water partition coefficient (Wildman–Crippen LogP) is 4.09. The van der Waals surface area contributed by atoms with Gasteiger partial charge in [0.05, 0.1) is 5.69 Å². The highest BCUT2D eigenvalue weighted by molar-refractivity contribution is 5.63. The fourth-order valence-electron chi connectivity index (χ4n) is 1.15. The van der Waals surface area contributed by atoms with Crippen LogP contribution in [0.4, 0.5) is 0 Å². The van der Waals surface area contributed by atoms with Crippen LogP contribution in [-0.2, 0) is 0 Å². The van der Waals surface area contributed by atoms with Gasteiger partial charge in [-0.2, -0.15) is 0 Å². The van der Waals surface area contributed by atoms with Gasteiger partial charge in [0.25, 0.3) is 0 Å². The fourth-order valence-corrected chi connectivity index (χ4v) is 1.15. The lowest BCUT2D eigenvalue weighted by molar-refractivity contribution is 1.24. The molecule has 0 fully saturated rings. The van der Waals surface area contributed by atoms with E-state index in [2.05, 4.69) is 18.5 Å². The van der Waals surface area contributed by atoms with E-state index < -0.39 is 0 Å². The van der Waals surface area contributed by atoms with Crippen molar-refractivity contribution in [1.29, 1.82) is 0 Å². The Balaban J connectivity index is 0.000000791. The van der Waals surface area contributed by atoms with Gasteiger partial charge in [-0.1, -0.05) is 32.6 Å². The van der Waals surface area contributed by atoms with Crippen LogP contribution in [-0.4, -0.2) is 4.98 Å². The minimum atomic E-state index is 0.993. The summed E-state index contributed by atoms with van der Waals surface area (Å²) in [5, 5.41) is 0. The van der Waals surface area contributed by atoms with Crippen molar-refractivity contribution in [3.8, 4) is 0 Å². The second-order valence-electron chi connectivity index (χ2n) is 2.63. The summed E-state index contributed by atoms with van der Waals surface area (Å²) in [5.41, 5.74) is 3.33. The molecule has 1 nitrogen and oxygen atoms in total. The average molecular weight is 189 g/mol. The molecule has 0 atom stereocenters. The second kappa shape index (κ2) is 7.07. The Labute approximate surface area is 87.2 Å². The maximum Gasteiger partial charge on any atom is 0.0701 e. The third-order valence-electron chi connectivity index (χ3n) is 1.77. The van der Waals surface area contributed by atoms with Gasteiger partial charge in [-0.15, -0.1) is 0 Å². The summed E-state index contributed by atoms with van der Waals surface area (Å²) in [6.45, 7) is 11.8. The third-order valence-corrected chi connectivity index (χ3v) is 1.77. The Morgan fingerprint density at radius 3 is 2.50 bits per heavy atom. The van der Waals surface area contributed by atoms with Gasteiger partial charge in [-0.05, 0) is 31.6 Å². The number of aromatic nitrogens is 1. The number of nitrogens with zero attached hydrogens (tertiary/aromatic N) is 1. The van der Waals surface area contributed by atoms with Crippen LogP contribution >= 0.6 is 0 Å².